The highest BCUT2D eigenvalue weighted by molar-refractivity contribution is 5.89. The molecule has 0 N–H and O–H groups in total. The Bertz CT molecular complexity index is 2920. The lowest BCUT2D eigenvalue weighted by Gasteiger charge is -2.35. The van der Waals surface area contributed by atoms with Gasteiger partial charge in [0.2, 0.25) is 0 Å². The molecule has 11 rings (SSSR count). The summed E-state index contributed by atoms with van der Waals surface area (Å²) in [5.74, 6) is 1.98. The zero-order chi connectivity index (χ0) is 38.8. The molecular weight excluding hydrogens is 703 g/mol. The molecule has 0 radical (unpaired) electrons. The number of benzene rings is 8. The van der Waals surface area contributed by atoms with E-state index in [4.69, 9.17) is 15.0 Å². The summed E-state index contributed by atoms with van der Waals surface area (Å²) in [6, 6.07) is 72.3. The second-order valence-corrected chi connectivity index (χ2v) is 16.0. The van der Waals surface area contributed by atoms with Gasteiger partial charge in [-0.25, -0.2) is 15.0 Å². The van der Waals surface area contributed by atoms with Gasteiger partial charge < -0.3 is 0 Å². The second kappa shape index (κ2) is 13.2. The van der Waals surface area contributed by atoms with Gasteiger partial charge in [-0.15, -0.1) is 0 Å². The largest absolute Gasteiger partial charge is 0.208 e. The van der Waals surface area contributed by atoms with Gasteiger partial charge in [-0.2, -0.15) is 0 Å². The van der Waals surface area contributed by atoms with Gasteiger partial charge in [0.1, 0.15) is 0 Å². The Morgan fingerprint density at radius 3 is 1.38 bits per heavy atom. The molecule has 1 heterocycles. The third kappa shape index (κ3) is 5.17. The molecule has 0 atom stereocenters. The Kier molecular flexibility index (Phi) is 7.74. The first kappa shape index (κ1) is 34.1. The number of rotatable bonds is 6. The van der Waals surface area contributed by atoms with E-state index in [1.54, 1.807) is 0 Å². The first-order valence-electron chi connectivity index (χ1n) is 20.0. The summed E-state index contributed by atoms with van der Waals surface area (Å²) in [7, 11) is 0. The van der Waals surface area contributed by atoms with Crippen LogP contribution >= 0.6 is 0 Å². The maximum atomic E-state index is 5.08. The Labute approximate surface area is 339 Å². The van der Waals surface area contributed by atoms with E-state index in [1.165, 1.54) is 66.8 Å². The van der Waals surface area contributed by atoms with Crippen LogP contribution in [0.1, 0.15) is 47.2 Å². The van der Waals surface area contributed by atoms with Gasteiger partial charge >= 0.3 is 0 Å². The molecule has 8 aromatic carbocycles. The van der Waals surface area contributed by atoms with Crippen molar-refractivity contribution in [3.8, 4) is 67.5 Å². The molecule has 274 valence electrons. The molecule has 0 spiro atoms. The van der Waals surface area contributed by atoms with Crippen LogP contribution in [0.3, 0.4) is 0 Å². The van der Waals surface area contributed by atoms with Gasteiger partial charge in [-0.1, -0.05) is 202 Å². The van der Waals surface area contributed by atoms with E-state index in [9.17, 15) is 0 Å². The summed E-state index contributed by atoms with van der Waals surface area (Å²) >= 11 is 0. The minimum absolute atomic E-state index is 0.243. The normalized spacial score (nSPS) is 14.0. The average Bonchev–Trinajstić information content (AvgIpc) is 3.72. The number of hydrogen-bond acceptors (Lipinski definition) is 3. The van der Waals surface area contributed by atoms with Crippen LogP contribution in [0.25, 0.3) is 67.5 Å². The molecule has 0 unspecified atom stereocenters. The number of hydrogen-bond donors (Lipinski definition) is 0. The van der Waals surface area contributed by atoms with Crippen molar-refractivity contribution in [3.05, 3.63) is 234 Å². The lowest BCUT2D eigenvalue weighted by atomic mass is 9.66. The molecule has 9 aromatic rings. The molecule has 58 heavy (non-hydrogen) atoms. The predicted molar refractivity (Wildman–Crippen MR) is 236 cm³/mol. The fraction of sp³-hybridized carbons (Fsp3) is 0.0727. The number of aromatic nitrogens is 3. The summed E-state index contributed by atoms with van der Waals surface area (Å²) in [6.07, 6.45) is 0. The maximum absolute atomic E-state index is 5.08. The molecule has 0 saturated carbocycles. The summed E-state index contributed by atoms with van der Waals surface area (Å²) in [4.78, 5) is 15.1. The molecule has 3 heteroatoms. The molecule has 2 aliphatic carbocycles. The summed E-state index contributed by atoms with van der Waals surface area (Å²) < 4.78 is 0. The van der Waals surface area contributed by atoms with Crippen LogP contribution in [0.5, 0.6) is 0 Å². The number of nitrogens with zero attached hydrogens (tertiary/aromatic N) is 3. The molecule has 1 aromatic heterocycles. The van der Waals surface area contributed by atoms with Gasteiger partial charge in [0.25, 0.3) is 0 Å². The van der Waals surface area contributed by atoms with Crippen molar-refractivity contribution in [3.63, 3.8) is 0 Å². The van der Waals surface area contributed by atoms with Gasteiger partial charge in [-0.05, 0) is 78.9 Å². The fourth-order valence-electron chi connectivity index (χ4n) is 9.65. The summed E-state index contributed by atoms with van der Waals surface area (Å²) in [6.45, 7) is 4.73. The zero-order valence-electron chi connectivity index (χ0n) is 32.4. The molecule has 0 aliphatic heterocycles. The lowest BCUT2D eigenvalue weighted by molar-refractivity contribution is 0.655. The molecule has 0 saturated heterocycles. The van der Waals surface area contributed by atoms with E-state index in [0.29, 0.717) is 17.5 Å². The summed E-state index contributed by atoms with van der Waals surface area (Å²) in [5.41, 5.74) is 17.4. The van der Waals surface area contributed by atoms with Crippen molar-refractivity contribution in [2.75, 3.05) is 0 Å². The van der Waals surface area contributed by atoms with Crippen LogP contribution in [0.4, 0.5) is 0 Å². The smallest absolute Gasteiger partial charge is 0.164 e. The van der Waals surface area contributed by atoms with Crippen LogP contribution in [0.2, 0.25) is 0 Å². The van der Waals surface area contributed by atoms with Crippen molar-refractivity contribution >= 4 is 0 Å². The molecule has 0 fully saturated rings. The maximum Gasteiger partial charge on any atom is 0.164 e. The molecular formula is C55H39N3. The van der Waals surface area contributed by atoms with Gasteiger partial charge in [0, 0.05) is 22.1 Å². The van der Waals surface area contributed by atoms with E-state index in [1.807, 2.05) is 36.4 Å². The Morgan fingerprint density at radius 1 is 0.293 bits per heavy atom. The lowest BCUT2D eigenvalue weighted by Crippen LogP contribution is -2.29. The SMILES string of the molecule is CC1(C)c2ccc(-c3nc(-c4ccccc4)nc(-c4ccccc4)n3)cc2-c2ccc(C3(c4cccc(-c5ccccc5)c4)c4ccccc4-c4ccccc43)cc21. The molecule has 0 amide bonds. The highest BCUT2D eigenvalue weighted by Crippen LogP contribution is 2.58. The first-order valence-corrected chi connectivity index (χ1v) is 20.0. The van der Waals surface area contributed by atoms with Gasteiger partial charge in [0.15, 0.2) is 17.5 Å². The quantitative estimate of drug-likeness (QED) is 0.170. The topological polar surface area (TPSA) is 38.7 Å². The Morgan fingerprint density at radius 2 is 0.776 bits per heavy atom. The summed E-state index contributed by atoms with van der Waals surface area (Å²) in [5, 5.41) is 0. The van der Waals surface area contributed by atoms with E-state index in [0.717, 1.165) is 16.7 Å². The highest BCUT2D eigenvalue weighted by Gasteiger charge is 2.47. The number of fused-ring (bicyclic) bond motifs is 6. The minimum Gasteiger partial charge on any atom is -0.208 e. The third-order valence-corrected chi connectivity index (χ3v) is 12.4. The van der Waals surface area contributed by atoms with E-state index in [-0.39, 0.29) is 5.41 Å². The van der Waals surface area contributed by atoms with Crippen LogP contribution in [0, 0.1) is 0 Å². The molecule has 0 bridgehead atoms. The Balaban J connectivity index is 1.10. The van der Waals surface area contributed by atoms with Gasteiger partial charge in [0.05, 0.1) is 5.41 Å². The van der Waals surface area contributed by atoms with Crippen molar-refractivity contribution in [2.24, 2.45) is 0 Å². The fourth-order valence-corrected chi connectivity index (χ4v) is 9.65. The van der Waals surface area contributed by atoms with E-state index in [2.05, 4.69) is 178 Å². The Hall–Kier alpha value is -7.23. The third-order valence-electron chi connectivity index (χ3n) is 12.4. The first-order chi connectivity index (χ1) is 28.5. The van der Waals surface area contributed by atoms with E-state index >= 15 is 0 Å². The molecule has 2 aliphatic rings. The van der Waals surface area contributed by atoms with Gasteiger partial charge in [-0.3, -0.25) is 0 Å². The average molecular weight is 742 g/mol. The van der Waals surface area contributed by atoms with Crippen LogP contribution < -0.4 is 0 Å². The predicted octanol–water partition coefficient (Wildman–Crippen LogP) is 13.2. The molecule has 3 nitrogen and oxygen atoms in total. The van der Waals surface area contributed by atoms with Crippen molar-refractivity contribution < 1.29 is 0 Å². The monoisotopic (exact) mass is 741 g/mol. The van der Waals surface area contributed by atoms with Crippen molar-refractivity contribution in [1.82, 2.24) is 15.0 Å². The highest BCUT2D eigenvalue weighted by atomic mass is 15.0. The standard InChI is InChI=1S/C55H39N3/c1-54(2)47-32-29-40(53-57-51(37-19-8-4-9-20-37)56-52(58-53)38-21-10-5-11-22-38)34-46(47)45-31-30-42(35-50(45)54)55(41-24-16-23-39(33-41)36-17-6-3-7-18-36)48-27-14-12-25-43(48)44-26-13-15-28-49(44)55/h3-35H,1-2H3. The minimum atomic E-state index is -0.518. The van der Waals surface area contributed by atoms with Crippen LogP contribution in [-0.4, -0.2) is 15.0 Å². The van der Waals surface area contributed by atoms with Crippen molar-refractivity contribution in [1.29, 1.82) is 0 Å². The van der Waals surface area contributed by atoms with E-state index < -0.39 is 5.41 Å². The van der Waals surface area contributed by atoms with Crippen LogP contribution in [-0.2, 0) is 10.8 Å². The van der Waals surface area contributed by atoms with Crippen LogP contribution in [0.15, 0.2) is 200 Å². The zero-order valence-corrected chi connectivity index (χ0v) is 32.4. The second-order valence-electron chi connectivity index (χ2n) is 16.0. The van der Waals surface area contributed by atoms with Crippen molar-refractivity contribution in [2.45, 2.75) is 24.7 Å².